The zero-order valence-electron chi connectivity index (χ0n) is 15.8. The van der Waals surface area contributed by atoms with Gasteiger partial charge in [-0.1, -0.05) is 31.1 Å². The fraction of sp³-hybridized carbons (Fsp3) is 0.412. The van der Waals surface area contributed by atoms with Gasteiger partial charge in [-0.05, 0) is 12.3 Å². The molecule has 4 aromatic heterocycles. The largest absolute Gasteiger partial charge is 0.470 e. The fourth-order valence-electron chi connectivity index (χ4n) is 2.72. The summed E-state index contributed by atoms with van der Waals surface area (Å²) in [6.45, 7) is 8.38. The van der Waals surface area contributed by atoms with E-state index in [0.29, 0.717) is 34.5 Å². The lowest BCUT2D eigenvalue weighted by molar-refractivity contribution is 0.283. The number of aromatic nitrogens is 8. The monoisotopic (exact) mass is 368 g/mol. The van der Waals surface area contributed by atoms with Crippen molar-refractivity contribution in [2.24, 2.45) is 7.05 Å². The second-order valence-electron chi connectivity index (χ2n) is 7.40. The van der Waals surface area contributed by atoms with E-state index in [-0.39, 0.29) is 12.0 Å². The Kier molecular flexibility index (Phi) is 3.90. The van der Waals surface area contributed by atoms with Gasteiger partial charge >= 0.3 is 0 Å². The Balaban J connectivity index is 1.79. The maximum Gasteiger partial charge on any atom is 0.232 e. The third kappa shape index (κ3) is 3.25. The molecule has 0 atom stereocenters. The topological polar surface area (TPSA) is 109 Å². The van der Waals surface area contributed by atoms with Crippen LogP contribution in [0.3, 0.4) is 0 Å². The summed E-state index contributed by atoms with van der Waals surface area (Å²) in [6.07, 6.45) is 1.80. The molecule has 27 heavy (non-hydrogen) atoms. The van der Waals surface area contributed by atoms with Crippen LogP contribution < -0.4 is 4.74 Å². The maximum atomic E-state index is 5.87. The second-order valence-corrected chi connectivity index (χ2v) is 7.40. The van der Waals surface area contributed by atoms with Crippen LogP contribution in [0.4, 0.5) is 0 Å². The molecule has 0 aliphatic heterocycles. The van der Waals surface area contributed by atoms with Crippen molar-refractivity contribution in [1.82, 2.24) is 40.0 Å². The summed E-state index contributed by atoms with van der Waals surface area (Å²) in [4.78, 5) is 0. The van der Waals surface area contributed by atoms with E-state index in [2.05, 4.69) is 51.5 Å². The van der Waals surface area contributed by atoms with Crippen LogP contribution in [0.2, 0.25) is 0 Å². The van der Waals surface area contributed by atoms with Crippen LogP contribution in [-0.2, 0) is 19.1 Å². The SMILES string of the molecule is Cc1cc(-c2nnc3c(C(C)(C)C)cc(OCc4cn(C)nn4)nn23)no1. The molecule has 0 unspecified atom stereocenters. The van der Waals surface area contributed by atoms with Crippen molar-refractivity contribution in [3.8, 4) is 17.4 Å². The molecule has 0 bridgehead atoms. The van der Waals surface area contributed by atoms with Crippen molar-refractivity contribution < 1.29 is 9.26 Å². The van der Waals surface area contributed by atoms with E-state index in [9.17, 15) is 0 Å². The zero-order valence-corrected chi connectivity index (χ0v) is 15.8. The molecule has 10 heteroatoms. The van der Waals surface area contributed by atoms with Gasteiger partial charge in [-0.3, -0.25) is 4.68 Å². The Labute approximate surface area is 155 Å². The summed E-state index contributed by atoms with van der Waals surface area (Å²) in [6, 6.07) is 3.68. The van der Waals surface area contributed by atoms with Gasteiger partial charge in [-0.15, -0.1) is 20.4 Å². The normalized spacial score (nSPS) is 12.0. The van der Waals surface area contributed by atoms with Gasteiger partial charge in [0.2, 0.25) is 11.7 Å². The Morgan fingerprint density at radius 2 is 1.96 bits per heavy atom. The molecule has 4 heterocycles. The molecule has 4 rings (SSSR count). The molecule has 0 aliphatic rings. The number of ether oxygens (including phenoxy) is 1. The minimum atomic E-state index is -0.182. The molecule has 0 spiro atoms. The van der Waals surface area contributed by atoms with Gasteiger partial charge in [0.25, 0.3) is 0 Å². The quantitative estimate of drug-likeness (QED) is 0.539. The average Bonchev–Trinajstić information content (AvgIpc) is 3.31. The second kappa shape index (κ2) is 6.15. The van der Waals surface area contributed by atoms with Crippen molar-refractivity contribution in [2.75, 3.05) is 0 Å². The summed E-state index contributed by atoms with van der Waals surface area (Å²) in [5.41, 5.74) is 2.72. The molecule has 0 aromatic carbocycles. The Morgan fingerprint density at radius 1 is 1.15 bits per heavy atom. The zero-order chi connectivity index (χ0) is 19.2. The summed E-state index contributed by atoms with van der Waals surface area (Å²) < 4.78 is 14.3. The third-order valence-corrected chi connectivity index (χ3v) is 4.03. The highest BCUT2D eigenvalue weighted by atomic mass is 16.5. The predicted octanol–water partition coefficient (Wildman–Crippen LogP) is 2.09. The number of rotatable bonds is 4. The minimum Gasteiger partial charge on any atom is -0.470 e. The average molecular weight is 368 g/mol. The molecule has 0 aliphatic carbocycles. The minimum absolute atomic E-state index is 0.182. The van der Waals surface area contributed by atoms with Crippen LogP contribution >= 0.6 is 0 Å². The van der Waals surface area contributed by atoms with Crippen molar-refractivity contribution in [1.29, 1.82) is 0 Å². The molecule has 0 radical (unpaired) electrons. The summed E-state index contributed by atoms with van der Waals surface area (Å²) in [5, 5.41) is 25.1. The van der Waals surface area contributed by atoms with E-state index in [1.807, 2.05) is 20.0 Å². The van der Waals surface area contributed by atoms with E-state index in [0.717, 1.165) is 5.56 Å². The Bertz CT molecular complexity index is 1100. The lowest BCUT2D eigenvalue weighted by Crippen LogP contribution is -2.15. The van der Waals surface area contributed by atoms with Crippen LogP contribution in [0.25, 0.3) is 17.2 Å². The van der Waals surface area contributed by atoms with Crippen LogP contribution in [0.5, 0.6) is 5.88 Å². The maximum absolute atomic E-state index is 5.87. The molecule has 4 aromatic rings. The molecule has 0 amide bonds. The summed E-state index contributed by atoms with van der Waals surface area (Å²) in [7, 11) is 1.81. The lowest BCUT2D eigenvalue weighted by Gasteiger charge is -2.20. The summed E-state index contributed by atoms with van der Waals surface area (Å²) in [5.74, 6) is 1.63. The van der Waals surface area contributed by atoms with Gasteiger partial charge in [0, 0.05) is 24.7 Å². The number of hydrogen-bond acceptors (Lipinski definition) is 8. The number of hydrogen-bond donors (Lipinski definition) is 0. The van der Waals surface area contributed by atoms with E-state index < -0.39 is 0 Å². The molecule has 0 fully saturated rings. The lowest BCUT2D eigenvalue weighted by atomic mass is 9.88. The van der Waals surface area contributed by atoms with E-state index >= 15 is 0 Å². The highest BCUT2D eigenvalue weighted by Gasteiger charge is 2.24. The molecule has 0 saturated heterocycles. The molecule has 10 nitrogen and oxygen atoms in total. The molecular formula is C17H20N8O2. The number of nitrogens with zero attached hydrogens (tertiary/aromatic N) is 8. The standard InChI is InChI=1S/C17H20N8O2/c1-10-6-13(22-27-10)16-20-19-15-12(17(2,3)4)7-14(21-25(15)16)26-9-11-8-24(5)23-18-11/h6-8H,9H2,1-5H3. The van der Waals surface area contributed by atoms with E-state index in [4.69, 9.17) is 9.26 Å². The van der Waals surface area contributed by atoms with Gasteiger partial charge in [0.15, 0.2) is 11.3 Å². The molecule has 140 valence electrons. The van der Waals surface area contributed by atoms with Gasteiger partial charge in [0.05, 0.1) is 6.20 Å². The first-order valence-corrected chi connectivity index (χ1v) is 8.50. The van der Waals surface area contributed by atoms with Crippen molar-refractivity contribution >= 4 is 5.65 Å². The van der Waals surface area contributed by atoms with Gasteiger partial charge in [0.1, 0.15) is 18.1 Å². The predicted molar refractivity (Wildman–Crippen MR) is 95.1 cm³/mol. The Morgan fingerprint density at radius 3 is 2.59 bits per heavy atom. The van der Waals surface area contributed by atoms with Crippen LogP contribution in [0.1, 0.15) is 37.8 Å². The number of fused-ring (bicyclic) bond motifs is 1. The van der Waals surface area contributed by atoms with Gasteiger partial charge in [-0.25, -0.2) is 0 Å². The smallest absolute Gasteiger partial charge is 0.232 e. The van der Waals surface area contributed by atoms with Gasteiger partial charge < -0.3 is 9.26 Å². The van der Waals surface area contributed by atoms with Crippen LogP contribution in [-0.4, -0.2) is 40.0 Å². The van der Waals surface area contributed by atoms with E-state index in [1.54, 1.807) is 21.5 Å². The van der Waals surface area contributed by atoms with Crippen molar-refractivity contribution in [3.05, 3.63) is 35.3 Å². The van der Waals surface area contributed by atoms with Crippen LogP contribution in [0, 0.1) is 6.92 Å². The van der Waals surface area contributed by atoms with Crippen molar-refractivity contribution in [2.45, 2.75) is 39.7 Å². The first-order valence-electron chi connectivity index (χ1n) is 8.50. The highest BCUT2D eigenvalue weighted by Crippen LogP contribution is 2.30. The number of aryl methyl sites for hydroxylation is 2. The Hall–Kier alpha value is -3.30. The molecule has 0 N–H and O–H groups in total. The molecule has 0 saturated carbocycles. The third-order valence-electron chi connectivity index (χ3n) is 4.03. The van der Waals surface area contributed by atoms with Gasteiger partial charge in [-0.2, -0.15) is 4.52 Å². The van der Waals surface area contributed by atoms with Crippen LogP contribution in [0.15, 0.2) is 22.9 Å². The first-order chi connectivity index (χ1) is 12.8. The fourth-order valence-corrected chi connectivity index (χ4v) is 2.72. The summed E-state index contributed by atoms with van der Waals surface area (Å²) >= 11 is 0. The van der Waals surface area contributed by atoms with Crippen molar-refractivity contribution in [3.63, 3.8) is 0 Å². The molecular weight excluding hydrogens is 348 g/mol. The highest BCUT2D eigenvalue weighted by molar-refractivity contribution is 5.59. The van der Waals surface area contributed by atoms with E-state index in [1.165, 1.54) is 0 Å². The first kappa shape index (κ1) is 17.1.